The first-order chi connectivity index (χ1) is 10.7. The van der Waals surface area contributed by atoms with E-state index >= 15 is 0 Å². The van der Waals surface area contributed by atoms with Crippen LogP contribution in [0.25, 0.3) is 0 Å². The summed E-state index contributed by atoms with van der Waals surface area (Å²) in [4.78, 5) is 4.33. The maximum atomic E-state index is 8.84. The fourth-order valence-corrected chi connectivity index (χ4v) is 2.87. The van der Waals surface area contributed by atoms with Crippen LogP contribution in [0.3, 0.4) is 0 Å². The Bertz CT molecular complexity index is 575. The summed E-state index contributed by atoms with van der Waals surface area (Å²) in [6.45, 7) is 4.44. The summed E-state index contributed by atoms with van der Waals surface area (Å²) in [6, 6.07) is 6.17. The first-order valence-corrected chi connectivity index (χ1v) is 8.10. The highest BCUT2D eigenvalue weighted by molar-refractivity contribution is 7.09. The zero-order valence-electron chi connectivity index (χ0n) is 13.1. The molecule has 22 heavy (non-hydrogen) atoms. The first-order valence-electron chi connectivity index (χ1n) is 7.22. The number of nitrogens with one attached hydrogen (secondary N) is 1. The fourth-order valence-electron chi connectivity index (χ4n) is 2.22. The van der Waals surface area contributed by atoms with Gasteiger partial charge in [0.05, 0.1) is 19.8 Å². The molecule has 0 aliphatic carbocycles. The zero-order valence-corrected chi connectivity index (χ0v) is 13.9. The Hall–Kier alpha value is -1.63. The minimum Gasteiger partial charge on any atom is -0.493 e. The van der Waals surface area contributed by atoms with E-state index < -0.39 is 0 Å². The van der Waals surface area contributed by atoms with Crippen LogP contribution in [0, 0.1) is 0 Å². The second kappa shape index (κ2) is 8.12. The number of nitrogens with zero attached hydrogens (tertiary/aromatic N) is 1. The maximum absolute atomic E-state index is 8.84. The van der Waals surface area contributed by atoms with Crippen molar-refractivity contribution in [3.05, 3.63) is 40.3 Å². The SMILES string of the molecule is COc1cc(C(C)NC(C)c2nccs2)ccc1OCCO. The van der Waals surface area contributed by atoms with Crippen molar-refractivity contribution in [2.24, 2.45) is 0 Å². The molecule has 2 atom stereocenters. The van der Waals surface area contributed by atoms with Crippen molar-refractivity contribution in [2.75, 3.05) is 20.3 Å². The lowest BCUT2D eigenvalue weighted by molar-refractivity contribution is 0.196. The van der Waals surface area contributed by atoms with Crippen LogP contribution in [-0.4, -0.2) is 30.4 Å². The number of aliphatic hydroxyl groups excluding tert-OH is 1. The average Bonchev–Trinajstić information content (AvgIpc) is 3.07. The van der Waals surface area contributed by atoms with Gasteiger partial charge in [0, 0.05) is 17.6 Å². The van der Waals surface area contributed by atoms with Crippen molar-refractivity contribution >= 4 is 11.3 Å². The third kappa shape index (κ3) is 4.19. The van der Waals surface area contributed by atoms with Gasteiger partial charge in [0.1, 0.15) is 11.6 Å². The highest BCUT2D eigenvalue weighted by Crippen LogP contribution is 2.31. The Kier molecular flexibility index (Phi) is 6.18. The number of hydrogen-bond donors (Lipinski definition) is 2. The Morgan fingerprint density at radius 1 is 1.27 bits per heavy atom. The van der Waals surface area contributed by atoms with E-state index in [1.165, 1.54) is 0 Å². The van der Waals surface area contributed by atoms with Crippen molar-refractivity contribution in [2.45, 2.75) is 25.9 Å². The normalized spacial score (nSPS) is 13.6. The molecule has 0 radical (unpaired) electrons. The Labute approximate surface area is 134 Å². The minimum absolute atomic E-state index is 0.0197. The Morgan fingerprint density at radius 2 is 2.09 bits per heavy atom. The van der Waals surface area contributed by atoms with E-state index in [1.807, 2.05) is 29.8 Å². The number of benzene rings is 1. The molecule has 2 rings (SSSR count). The van der Waals surface area contributed by atoms with Crippen molar-refractivity contribution in [1.82, 2.24) is 10.3 Å². The highest BCUT2D eigenvalue weighted by atomic mass is 32.1. The number of rotatable bonds is 8. The molecule has 120 valence electrons. The van der Waals surface area contributed by atoms with Gasteiger partial charge in [0.25, 0.3) is 0 Å². The number of thiazole rings is 1. The molecule has 0 aliphatic rings. The molecule has 1 aromatic heterocycles. The van der Waals surface area contributed by atoms with Gasteiger partial charge in [-0.3, -0.25) is 0 Å². The van der Waals surface area contributed by atoms with Gasteiger partial charge in [-0.25, -0.2) is 4.98 Å². The van der Waals surface area contributed by atoms with Gasteiger partial charge in [-0.1, -0.05) is 6.07 Å². The van der Waals surface area contributed by atoms with Gasteiger partial charge in [-0.05, 0) is 31.5 Å². The fraction of sp³-hybridized carbons (Fsp3) is 0.438. The van der Waals surface area contributed by atoms with Crippen molar-refractivity contribution in [3.8, 4) is 11.5 Å². The predicted octanol–water partition coefficient (Wildman–Crippen LogP) is 2.93. The van der Waals surface area contributed by atoms with Gasteiger partial charge in [0.15, 0.2) is 11.5 Å². The second-order valence-corrected chi connectivity index (χ2v) is 5.89. The van der Waals surface area contributed by atoms with E-state index in [9.17, 15) is 0 Å². The largest absolute Gasteiger partial charge is 0.493 e. The van der Waals surface area contributed by atoms with Gasteiger partial charge in [0.2, 0.25) is 0 Å². The standard InChI is InChI=1S/C16H22N2O3S/c1-11(18-12(2)16-17-6-9-22-16)13-4-5-14(21-8-7-19)15(10-13)20-3/h4-6,9-12,18-19H,7-8H2,1-3H3. The van der Waals surface area contributed by atoms with E-state index in [-0.39, 0.29) is 25.3 Å². The molecule has 0 aliphatic heterocycles. The van der Waals surface area contributed by atoms with Crippen molar-refractivity contribution < 1.29 is 14.6 Å². The second-order valence-electron chi connectivity index (χ2n) is 4.96. The van der Waals surface area contributed by atoms with E-state index in [0.29, 0.717) is 11.5 Å². The lowest BCUT2D eigenvalue weighted by Crippen LogP contribution is -2.22. The van der Waals surface area contributed by atoms with Crippen LogP contribution in [0.15, 0.2) is 29.8 Å². The molecule has 2 aromatic rings. The summed E-state index contributed by atoms with van der Waals surface area (Å²) in [5, 5.41) is 15.4. The highest BCUT2D eigenvalue weighted by Gasteiger charge is 2.15. The lowest BCUT2D eigenvalue weighted by Gasteiger charge is -2.20. The lowest BCUT2D eigenvalue weighted by atomic mass is 10.1. The van der Waals surface area contributed by atoms with Crippen LogP contribution in [0.1, 0.15) is 36.5 Å². The minimum atomic E-state index is -0.0197. The number of methoxy groups -OCH3 is 1. The molecule has 0 amide bonds. The Balaban J connectivity index is 2.07. The molecular weight excluding hydrogens is 300 g/mol. The molecule has 0 fully saturated rings. The average molecular weight is 322 g/mol. The van der Waals surface area contributed by atoms with Crippen LogP contribution in [0.5, 0.6) is 11.5 Å². The third-order valence-electron chi connectivity index (χ3n) is 3.36. The summed E-state index contributed by atoms with van der Waals surface area (Å²) in [6.07, 6.45) is 1.82. The van der Waals surface area contributed by atoms with Crippen LogP contribution >= 0.6 is 11.3 Å². The number of aliphatic hydroxyl groups is 1. The van der Waals surface area contributed by atoms with Crippen molar-refractivity contribution in [1.29, 1.82) is 0 Å². The number of ether oxygens (including phenoxy) is 2. The van der Waals surface area contributed by atoms with Crippen LogP contribution in [0.2, 0.25) is 0 Å². The quantitative estimate of drug-likeness (QED) is 0.782. The molecule has 6 heteroatoms. The summed E-state index contributed by atoms with van der Waals surface area (Å²) in [5.41, 5.74) is 1.11. The van der Waals surface area contributed by atoms with E-state index in [0.717, 1.165) is 10.6 Å². The van der Waals surface area contributed by atoms with Crippen LogP contribution in [0.4, 0.5) is 0 Å². The van der Waals surface area contributed by atoms with Crippen LogP contribution in [-0.2, 0) is 0 Å². The number of hydrogen-bond acceptors (Lipinski definition) is 6. The monoisotopic (exact) mass is 322 g/mol. The molecule has 0 spiro atoms. The molecule has 0 bridgehead atoms. The van der Waals surface area contributed by atoms with Gasteiger partial charge >= 0.3 is 0 Å². The summed E-state index contributed by atoms with van der Waals surface area (Å²) >= 11 is 1.65. The first kappa shape index (κ1) is 16.7. The van der Waals surface area contributed by atoms with Gasteiger partial charge < -0.3 is 19.9 Å². The van der Waals surface area contributed by atoms with Gasteiger partial charge in [-0.2, -0.15) is 0 Å². The molecule has 2 unspecified atom stereocenters. The molecular formula is C16H22N2O3S. The topological polar surface area (TPSA) is 63.6 Å². The van der Waals surface area contributed by atoms with Gasteiger partial charge in [-0.15, -0.1) is 11.3 Å². The number of aromatic nitrogens is 1. The van der Waals surface area contributed by atoms with E-state index in [4.69, 9.17) is 14.6 Å². The Morgan fingerprint density at radius 3 is 2.73 bits per heavy atom. The van der Waals surface area contributed by atoms with E-state index in [2.05, 4.69) is 24.1 Å². The predicted molar refractivity (Wildman–Crippen MR) is 87.7 cm³/mol. The molecule has 1 heterocycles. The molecule has 1 aromatic carbocycles. The summed E-state index contributed by atoms with van der Waals surface area (Å²) < 4.78 is 10.8. The third-order valence-corrected chi connectivity index (χ3v) is 4.32. The molecule has 0 saturated carbocycles. The van der Waals surface area contributed by atoms with Crippen LogP contribution < -0.4 is 14.8 Å². The zero-order chi connectivity index (χ0) is 15.9. The maximum Gasteiger partial charge on any atom is 0.161 e. The molecule has 0 saturated heterocycles. The molecule has 5 nitrogen and oxygen atoms in total. The summed E-state index contributed by atoms with van der Waals surface area (Å²) in [5.74, 6) is 1.31. The molecule has 2 N–H and O–H groups in total. The summed E-state index contributed by atoms with van der Waals surface area (Å²) in [7, 11) is 1.61. The van der Waals surface area contributed by atoms with Crippen molar-refractivity contribution in [3.63, 3.8) is 0 Å². The van der Waals surface area contributed by atoms with E-state index in [1.54, 1.807) is 18.4 Å². The smallest absolute Gasteiger partial charge is 0.161 e.